The molecule has 2 aliphatic carbocycles. The zero-order valence-corrected chi connectivity index (χ0v) is 16.1. The number of nitrogens with zero attached hydrogens (tertiary/aromatic N) is 2. The largest absolute Gasteiger partial charge is 0.370 e. The van der Waals surface area contributed by atoms with Crippen LogP contribution in [-0.4, -0.2) is 42.6 Å². The molecule has 0 bridgehead atoms. The molecule has 3 fully saturated rings. The van der Waals surface area contributed by atoms with Crippen LogP contribution in [0.3, 0.4) is 0 Å². The van der Waals surface area contributed by atoms with E-state index in [2.05, 4.69) is 16.3 Å². The van der Waals surface area contributed by atoms with E-state index >= 15 is 0 Å². The van der Waals surface area contributed by atoms with Crippen molar-refractivity contribution in [2.24, 2.45) is 11.3 Å². The molecular formula is C23H25N3O2. The van der Waals surface area contributed by atoms with Crippen LogP contribution in [0.4, 0.5) is 0 Å². The van der Waals surface area contributed by atoms with Crippen molar-refractivity contribution in [3.8, 4) is 6.07 Å². The fraction of sp³-hybridized carbons (Fsp3) is 0.522. The second-order valence-electron chi connectivity index (χ2n) is 8.95. The third kappa shape index (κ3) is 2.97. The second-order valence-corrected chi connectivity index (χ2v) is 8.95. The summed E-state index contributed by atoms with van der Waals surface area (Å²) in [4.78, 5) is 27.6. The lowest BCUT2D eigenvalue weighted by atomic mass is 9.84. The highest BCUT2D eigenvalue weighted by molar-refractivity contribution is 6.10. The Kier molecular flexibility index (Phi) is 4.13. The van der Waals surface area contributed by atoms with Gasteiger partial charge < -0.3 is 10.2 Å². The van der Waals surface area contributed by atoms with Crippen molar-refractivity contribution >= 4 is 17.3 Å². The Morgan fingerprint density at radius 3 is 2.57 bits per heavy atom. The number of Topliss-reactive ketones (excluding diaryl/α,β-unsaturated/α-hetero) is 2. The van der Waals surface area contributed by atoms with Gasteiger partial charge in [0.1, 0.15) is 11.6 Å². The number of likely N-dealkylation sites (tertiary alicyclic amines) is 1. The van der Waals surface area contributed by atoms with Crippen molar-refractivity contribution in [2.75, 3.05) is 26.2 Å². The van der Waals surface area contributed by atoms with Gasteiger partial charge in [0.15, 0.2) is 11.6 Å². The molecule has 5 heteroatoms. The molecule has 0 amide bonds. The Bertz CT molecular complexity index is 922. The molecule has 2 saturated heterocycles. The maximum atomic E-state index is 12.7. The minimum Gasteiger partial charge on any atom is -0.370 e. The number of rotatable bonds is 4. The summed E-state index contributed by atoms with van der Waals surface area (Å²) in [5.41, 5.74) is 4.12. The number of allylic oxidation sites excluding steroid dienone is 1. The summed E-state index contributed by atoms with van der Waals surface area (Å²) in [7, 11) is 0. The van der Waals surface area contributed by atoms with Crippen LogP contribution in [0, 0.1) is 22.7 Å². The summed E-state index contributed by atoms with van der Waals surface area (Å²) >= 11 is 0. The maximum absolute atomic E-state index is 12.7. The summed E-state index contributed by atoms with van der Waals surface area (Å²) in [5.74, 6) is 0.475. The van der Waals surface area contributed by atoms with Crippen molar-refractivity contribution in [3.05, 3.63) is 40.5 Å². The highest BCUT2D eigenvalue weighted by Crippen LogP contribution is 2.54. The fourth-order valence-corrected chi connectivity index (χ4v) is 4.85. The number of carbonyl (C=O) groups excluding carboxylic acids is 2. The van der Waals surface area contributed by atoms with Gasteiger partial charge in [0.05, 0.1) is 5.70 Å². The number of nitriles is 1. The number of carbonyl (C=O) groups is 2. The number of fused-ring (bicyclic) bond motifs is 1. The zero-order valence-electron chi connectivity index (χ0n) is 16.1. The zero-order chi connectivity index (χ0) is 19.3. The molecule has 5 rings (SSSR count). The van der Waals surface area contributed by atoms with E-state index in [0.29, 0.717) is 23.3 Å². The SMILES string of the molecule is N#CC1=C(N2CCC3(CC2)CC3)c2cc(C(=O)CC3CNC3)ccc2CC1=O. The van der Waals surface area contributed by atoms with Crippen LogP contribution < -0.4 is 5.32 Å². The number of hydrogen-bond acceptors (Lipinski definition) is 5. The minimum absolute atomic E-state index is 0.101. The standard InChI is InChI=1S/C23H25N3O2/c24-12-19-21(28)11-16-1-2-17(20(27)9-15-13-25-14-15)10-18(16)22(19)26-7-5-23(3-4-23)6-8-26/h1-2,10,15,25H,3-9,11,13-14H2. The van der Waals surface area contributed by atoms with E-state index in [1.54, 1.807) is 0 Å². The first kappa shape index (κ1) is 17.6. The lowest BCUT2D eigenvalue weighted by Crippen LogP contribution is -2.42. The normalized spacial score (nSPS) is 23.2. The first-order valence-corrected chi connectivity index (χ1v) is 10.4. The Balaban J connectivity index is 1.49. The van der Waals surface area contributed by atoms with Crippen molar-refractivity contribution in [1.29, 1.82) is 5.26 Å². The summed E-state index contributed by atoms with van der Waals surface area (Å²) in [6, 6.07) is 7.88. The van der Waals surface area contributed by atoms with E-state index in [0.717, 1.165) is 55.8 Å². The van der Waals surface area contributed by atoms with Gasteiger partial charge in [-0.05, 0) is 61.7 Å². The molecule has 0 radical (unpaired) electrons. The molecule has 0 aromatic heterocycles. The minimum atomic E-state index is -0.101. The van der Waals surface area contributed by atoms with Crippen LogP contribution in [0.15, 0.2) is 23.8 Å². The molecular weight excluding hydrogens is 350 g/mol. The Labute approximate surface area is 165 Å². The Morgan fingerprint density at radius 2 is 1.96 bits per heavy atom. The van der Waals surface area contributed by atoms with Crippen LogP contribution in [0.5, 0.6) is 0 Å². The lowest BCUT2D eigenvalue weighted by molar-refractivity contribution is -0.114. The van der Waals surface area contributed by atoms with E-state index in [1.807, 2.05) is 18.2 Å². The van der Waals surface area contributed by atoms with Gasteiger partial charge in [0, 0.05) is 37.1 Å². The van der Waals surface area contributed by atoms with Gasteiger partial charge in [-0.3, -0.25) is 9.59 Å². The van der Waals surface area contributed by atoms with Gasteiger partial charge in [0.2, 0.25) is 0 Å². The molecule has 5 nitrogen and oxygen atoms in total. The average molecular weight is 375 g/mol. The van der Waals surface area contributed by atoms with Gasteiger partial charge >= 0.3 is 0 Å². The van der Waals surface area contributed by atoms with Crippen molar-refractivity contribution < 1.29 is 9.59 Å². The number of benzene rings is 1. The summed E-state index contributed by atoms with van der Waals surface area (Å²) in [5, 5.41) is 12.9. The number of piperidine rings is 1. The van der Waals surface area contributed by atoms with Gasteiger partial charge in [-0.1, -0.05) is 12.1 Å². The number of ketones is 2. The topological polar surface area (TPSA) is 73.2 Å². The molecule has 1 aromatic carbocycles. The van der Waals surface area contributed by atoms with Crippen LogP contribution in [0.1, 0.15) is 53.6 Å². The Hall–Kier alpha value is -2.45. The number of nitrogens with one attached hydrogen (secondary N) is 1. The highest BCUT2D eigenvalue weighted by atomic mass is 16.1. The predicted molar refractivity (Wildman–Crippen MR) is 105 cm³/mol. The van der Waals surface area contributed by atoms with Crippen LogP contribution in [0.2, 0.25) is 0 Å². The van der Waals surface area contributed by atoms with Gasteiger partial charge in [-0.25, -0.2) is 0 Å². The van der Waals surface area contributed by atoms with Crippen molar-refractivity contribution in [3.63, 3.8) is 0 Å². The fourth-order valence-electron chi connectivity index (χ4n) is 4.85. The molecule has 2 aliphatic heterocycles. The maximum Gasteiger partial charge on any atom is 0.179 e. The lowest BCUT2D eigenvalue weighted by Gasteiger charge is -2.37. The van der Waals surface area contributed by atoms with Crippen molar-refractivity contribution in [2.45, 2.75) is 38.5 Å². The monoisotopic (exact) mass is 375 g/mol. The first-order chi connectivity index (χ1) is 13.6. The highest BCUT2D eigenvalue weighted by Gasteiger charge is 2.45. The van der Waals surface area contributed by atoms with Gasteiger partial charge in [-0.15, -0.1) is 0 Å². The summed E-state index contributed by atoms with van der Waals surface area (Å²) in [6.07, 6.45) is 5.70. The molecule has 144 valence electrons. The van der Waals surface area contributed by atoms with Gasteiger partial charge in [-0.2, -0.15) is 5.26 Å². The molecule has 0 atom stereocenters. The van der Waals surface area contributed by atoms with E-state index in [9.17, 15) is 14.9 Å². The molecule has 28 heavy (non-hydrogen) atoms. The molecule has 1 aromatic rings. The molecule has 1 saturated carbocycles. The third-order valence-electron chi connectivity index (χ3n) is 7.10. The summed E-state index contributed by atoms with van der Waals surface area (Å²) in [6.45, 7) is 3.59. The molecule has 4 aliphatic rings. The smallest absolute Gasteiger partial charge is 0.179 e. The van der Waals surface area contributed by atoms with E-state index in [1.165, 1.54) is 12.8 Å². The van der Waals surface area contributed by atoms with E-state index < -0.39 is 0 Å². The molecule has 0 unspecified atom stereocenters. The van der Waals surface area contributed by atoms with E-state index in [-0.39, 0.29) is 23.6 Å². The quantitative estimate of drug-likeness (QED) is 0.819. The summed E-state index contributed by atoms with van der Waals surface area (Å²) < 4.78 is 0. The predicted octanol–water partition coefficient (Wildman–Crippen LogP) is 2.71. The molecule has 2 heterocycles. The van der Waals surface area contributed by atoms with Crippen LogP contribution >= 0.6 is 0 Å². The van der Waals surface area contributed by atoms with Crippen LogP contribution in [0.25, 0.3) is 5.70 Å². The van der Waals surface area contributed by atoms with E-state index in [4.69, 9.17) is 0 Å². The molecule has 1 spiro atoms. The average Bonchev–Trinajstić information content (AvgIpc) is 3.43. The Morgan fingerprint density at radius 1 is 1.21 bits per heavy atom. The van der Waals surface area contributed by atoms with Crippen molar-refractivity contribution in [1.82, 2.24) is 10.2 Å². The first-order valence-electron chi connectivity index (χ1n) is 10.4. The number of hydrogen-bond donors (Lipinski definition) is 1. The third-order valence-corrected chi connectivity index (χ3v) is 7.10. The van der Waals surface area contributed by atoms with Crippen LogP contribution in [-0.2, 0) is 11.2 Å². The second kappa shape index (κ2) is 6.56. The molecule has 1 N–H and O–H groups in total. The van der Waals surface area contributed by atoms with Gasteiger partial charge in [0.25, 0.3) is 0 Å².